The molecule has 2 aliphatic rings. The average molecular weight is 274 g/mol. The summed E-state index contributed by atoms with van der Waals surface area (Å²) in [5.74, 6) is 0. The van der Waals surface area contributed by atoms with Crippen molar-refractivity contribution in [3.63, 3.8) is 0 Å². The Morgan fingerprint density at radius 3 is 2.70 bits per heavy atom. The molecule has 0 bridgehead atoms. The Morgan fingerprint density at radius 1 is 1.10 bits per heavy atom. The Bertz CT molecular complexity index is 374. The predicted octanol–water partition coefficient (Wildman–Crippen LogP) is 3.26. The van der Waals surface area contributed by atoms with Gasteiger partial charge in [-0.25, -0.2) is 0 Å². The van der Waals surface area contributed by atoms with Crippen LogP contribution in [-0.4, -0.2) is 37.2 Å². The molecule has 2 fully saturated rings. The predicted molar refractivity (Wildman–Crippen MR) is 83.0 cm³/mol. The number of hydrogen-bond acceptors (Lipinski definition) is 3. The van der Waals surface area contributed by atoms with Gasteiger partial charge in [0, 0.05) is 31.5 Å². The molecular weight excluding hydrogens is 248 g/mol. The lowest BCUT2D eigenvalue weighted by Crippen LogP contribution is -2.29. The van der Waals surface area contributed by atoms with Gasteiger partial charge in [0.15, 0.2) is 0 Å². The Kier molecular flexibility index (Phi) is 4.93. The number of rotatable bonds is 4. The van der Waals surface area contributed by atoms with E-state index in [2.05, 4.69) is 34.5 Å². The molecule has 1 aromatic rings. The maximum Gasteiger partial charge on any atom is 0.0485 e. The van der Waals surface area contributed by atoms with Crippen LogP contribution in [0.4, 0.5) is 5.69 Å². The number of piperidine rings is 1. The van der Waals surface area contributed by atoms with E-state index in [1.807, 2.05) is 0 Å². The number of anilines is 1. The second-order valence-corrected chi connectivity index (χ2v) is 6.07. The Labute approximate surface area is 122 Å². The number of nitrogens with one attached hydrogen (secondary N) is 1. The van der Waals surface area contributed by atoms with E-state index in [1.54, 1.807) is 0 Å². The third-order valence-corrected chi connectivity index (χ3v) is 4.37. The van der Waals surface area contributed by atoms with E-state index in [0.29, 0.717) is 6.04 Å². The van der Waals surface area contributed by atoms with Gasteiger partial charge in [-0.2, -0.15) is 0 Å². The van der Waals surface area contributed by atoms with Crippen LogP contribution in [0.3, 0.4) is 0 Å². The monoisotopic (exact) mass is 274 g/mol. The number of likely N-dealkylation sites (tertiary alicyclic amines) is 1. The molecule has 2 aliphatic heterocycles. The van der Waals surface area contributed by atoms with Crippen molar-refractivity contribution in [3.8, 4) is 0 Å². The first-order chi connectivity index (χ1) is 9.90. The van der Waals surface area contributed by atoms with E-state index in [1.165, 1.54) is 43.6 Å². The van der Waals surface area contributed by atoms with Crippen LogP contribution in [0.5, 0.6) is 0 Å². The lowest BCUT2D eigenvalue weighted by molar-refractivity contribution is 0.0904. The molecule has 0 unspecified atom stereocenters. The highest BCUT2D eigenvalue weighted by Gasteiger charge is 2.14. The van der Waals surface area contributed by atoms with Gasteiger partial charge in [0.25, 0.3) is 0 Å². The molecule has 3 rings (SSSR count). The number of benzene rings is 1. The standard InChI is InChI=1S/C17H26N2O/c1-2-9-19(10-3-1)14-15-5-4-6-17(13-15)18-16-7-11-20-12-8-16/h4-6,13,16,18H,1-3,7-12,14H2. The minimum Gasteiger partial charge on any atom is -0.382 e. The summed E-state index contributed by atoms with van der Waals surface area (Å²) in [6.45, 7) is 5.41. The van der Waals surface area contributed by atoms with Crippen LogP contribution in [0.2, 0.25) is 0 Å². The summed E-state index contributed by atoms with van der Waals surface area (Å²) >= 11 is 0. The summed E-state index contributed by atoms with van der Waals surface area (Å²) in [5, 5.41) is 3.66. The van der Waals surface area contributed by atoms with E-state index in [4.69, 9.17) is 4.74 Å². The number of hydrogen-bond donors (Lipinski definition) is 1. The van der Waals surface area contributed by atoms with E-state index in [9.17, 15) is 0 Å². The maximum absolute atomic E-state index is 5.41. The van der Waals surface area contributed by atoms with E-state index < -0.39 is 0 Å². The quantitative estimate of drug-likeness (QED) is 0.912. The van der Waals surface area contributed by atoms with Crippen molar-refractivity contribution in [1.82, 2.24) is 4.90 Å². The molecular formula is C17H26N2O. The molecule has 110 valence electrons. The van der Waals surface area contributed by atoms with Gasteiger partial charge in [0.1, 0.15) is 0 Å². The molecule has 20 heavy (non-hydrogen) atoms. The van der Waals surface area contributed by atoms with Gasteiger partial charge in [-0.3, -0.25) is 4.90 Å². The van der Waals surface area contributed by atoms with Crippen LogP contribution in [0.25, 0.3) is 0 Å². The van der Waals surface area contributed by atoms with Crippen LogP contribution in [-0.2, 0) is 11.3 Å². The highest BCUT2D eigenvalue weighted by molar-refractivity contribution is 5.46. The third-order valence-electron chi connectivity index (χ3n) is 4.37. The van der Waals surface area contributed by atoms with E-state index in [-0.39, 0.29) is 0 Å². The average Bonchev–Trinajstić information content (AvgIpc) is 2.50. The third kappa shape index (κ3) is 3.97. The lowest BCUT2D eigenvalue weighted by atomic mass is 10.1. The van der Waals surface area contributed by atoms with Gasteiger partial charge < -0.3 is 10.1 Å². The van der Waals surface area contributed by atoms with Gasteiger partial charge in [-0.1, -0.05) is 18.6 Å². The van der Waals surface area contributed by atoms with Crippen molar-refractivity contribution in [2.24, 2.45) is 0 Å². The second kappa shape index (κ2) is 7.09. The Balaban J connectivity index is 1.57. The SMILES string of the molecule is c1cc(CN2CCCCC2)cc(NC2CCOCC2)c1. The zero-order chi connectivity index (χ0) is 13.6. The topological polar surface area (TPSA) is 24.5 Å². The fraction of sp³-hybridized carbons (Fsp3) is 0.647. The molecule has 0 aliphatic carbocycles. The lowest BCUT2D eigenvalue weighted by Gasteiger charge is -2.27. The molecule has 0 atom stereocenters. The van der Waals surface area contributed by atoms with Crippen LogP contribution in [0.1, 0.15) is 37.7 Å². The van der Waals surface area contributed by atoms with Crippen molar-refractivity contribution in [2.75, 3.05) is 31.6 Å². The van der Waals surface area contributed by atoms with Crippen molar-refractivity contribution in [3.05, 3.63) is 29.8 Å². The van der Waals surface area contributed by atoms with Crippen molar-refractivity contribution >= 4 is 5.69 Å². The molecule has 0 aromatic heterocycles. The number of ether oxygens (including phenoxy) is 1. The van der Waals surface area contributed by atoms with Gasteiger partial charge in [-0.15, -0.1) is 0 Å². The highest BCUT2D eigenvalue weighted by Crippen LogP contribution is 2.19. The molecule has 1 aromatic carbocycles. The molecule has 2 saturated heterocycles. The van der Waals surface area contributed by atoms with Gasteiger partial charge >= 0.3 is 0 Å². The molecule has 3 heteroatoms. The van der Waals surface area contributed by atoms with Crippen LogP contribution in [0, 0.1) is 0 Å². The molecule has 3 nitrogen and oxygen atoms in total. The Morgan fingerprint density at radius 2 is 1.90 bits per heavy atom. The van der Waals surface area contributed by atoms with Crippen LogP contribution in [0.15, 0.2) is 24.3 Å². The first-order valence-electron chi connectivity index (χ1n) is 8.06. The molecule has 1 N–H and O–H groups in total. The van der Waals surface area contributed by atoms with Gasteiger partial charge in [-0.05, 0) is 56.5 Å². The smallest absolute Gasteiger partial charge is 0.0485 e. The molecule has 0 spiro atoms. The summed E-state index contributed by atoms with van der Waals surface area (Å²) in [5.41, 5.74) is 2.70. The first-order valence-corrected chi connectivity index (χ1v) is 8.06. The fourth-order valence-electron chi connectivity index (χ4n) is 3.21. The summed E-state index contributed by atoms with van der Waals surface area (Å²) in [4.78, 5) is 2.58. The van der Waals surface area contributed by atoms with Crippen LogP contribution >= 0.6 is 0 Å². The van der Waals surface area contributed by atoms with Crippen molar-refractivity contribution < 1.29 is 4.74 Å². The summed E-state index contributed by atoms with van der Waals surface area (Å²) in [6.07, 6.45) is 6.37. The highest BCUT2D eigenvalue weighted by atomic mass is 16.5. The van der Waals surface area contributed by atoms with E-state index >= 15 is 0 Å². The summed E-state index contributed by atoms with van der Waals surface area (Å²) < 4.78 is 5.41. The van der Waals surface area contributed by atoms with Crippen molar-refractivity contribution in [1.29, 1.82) is 0 Å². The fourth-order valence-corrected chi connectivity index (χ4v) is 3.21. The Hall–Kier alpha value is -1.06. The van der Waals surface area contributed by atoms with Gasteiger partial charge in [0.2, 0.25) is 0 Å². The molecule has 0 amide bonds. The van der Waals surface area contributed by atoms with Crippen LogP contribution < -0.4 is 5.32 Å². The zero-order valence-electron chi connectivity index (χ0n) is 12.3. The zero-order valence-corrected chi connectivity index (χ0v) is 12.3. The van der Waals surface area contributed by atoms with Gasteiger partial charge in [0.05, 0.1) is 0 Å². The maximum atomic E-state index is 5.41. The van der Waals surface area contributed by atoms with E-state index in [0.717, 1.165) is 32.6 Å². The summed E-state index contributed by atoms with van der Waals surface area (Å²) in [7, 11) is 0. The largest absolute Gasteiger partial charge is 0.382 e. The molecule has 0 saturated carbocycles. The molecule has 0 radical (unpaired) electrons. The second-order valence-electron chi connectivity index (χ2n) is 6.07. The minimum absolute atomic E-state index is 0.578. The first kappa shape index (κ1) is 13.9. The number of nitrogens with zero attached hydrogens (tertiary/aromatic N) is 1. The normalized spacial score (nSPS) is 21.8. The molecule has 2 heterocycles. The summed E-state index contributed by atoms with van der Waals surface area (Å²) in [6, 6.07) is 9.53. The minimum atomic E-state index is 0.578. The van der Waals surface area contributed by atoms with Crippen molar-refractivity contribution in [2.45, 2.75) is 44.7 Å².